The van der Waals surface area contributed by atoms with Gasteiger partial charge in [-0.3, -0.25) is 0 Å². The number of anilines is 1. The summed E-state index contributed by atoms with van der Waals surface area (Å²) < 4.78 is 16.1. The number of rotatable bonds is 4. The molecular formula is C13H19NO3S. The molecule has 1 aromatic carbocycles. The molecule has 18 heavy (non-hydrogen) atoms. The first-order valence-corrected chi connectivity index (χ1v) is 6.83. The molecule has 2 atom stereocenters. The number of nitrogen functional groups attached to an aromatic ring is 1. The van der Waals surface area contributed by atoms with Crippen molar-refractivity contribution in [3.63, 3.8) is 0 Å². The van der Waals surface area contributed by atoms with E-state index in [-0.39, 0.29) is 6.10 Å². The van der Waals surface area contributed by atoms with Crippen LogP contribution < -0.4 is 15.2 Å². The maximum absolute atomic E-state index is 6.05. The summed E-state index contributed by atoms with van der Waals surface area (Å²) in [6, 6.07) is 3.74. The van der Waals surface area contributed by atoms with Gasteiger partial charge in [-0.25, -0.2) is 0 Å². The molecule has 1 saturated heterocycles. The van der Waals surface area contributed by atoms with E-state index in [4.69, 9.17) is 19.9 Å². The molecule has 0 saturated carbocycles. The van der Waals surface area contributed by atoms with E-state index in [0.29, 0.717) is 16.7 Å². The van der Waals surface area contributed by atoms with E-state index < -0.39 is 0 Å². The fourth-order valence-electron chi connectivity index (χ4n) is 2.01. The molecule has 4 nitrogen and oxygen atoms in total. The van der Waals surface area contributed by atoms with Crippen molar-refractivity contribution in [3.05, 3.63) is 12.1 Å². The quantitative estimate of drug-likeness (QED) is 0.851. The smallest absolute Gasteiger partial charge is 0.162 e. The highest BCUT2D eigenvalue weighted by atomic mass is 32.2. The lowest BCUT2D eigenvalue weighted by Gasteiger charge is -2.17. The van der Waals surface area contributed by atoms with E-state index in [1.54, 1.807) is 26.0 Å². The van der Waals surface area contributed by atoms with Gasteiger partial charge in [0.25, 0.3) is 0 Å². The van der Waals surface area contributed by atoms with Gasteiger partial charge in [-0.2, -0.15) is 0 Å². The molecule has 100 valence electrons. The Morgan fingerprint density at radius 2 is 1.94 bits per heavy atom. The van der Waals surface area contributed by atoms with Gasteiger partial charge >= 0.3 is 0 Å². The highest BCUT2D eigenvalue weighted by Crippen LogP contribution is 2.41. The molecule has 1 aliphatic rings. The van der Waals surface area contributed by atoms with Gasteiger partial charge in [-0.15, -0.1) is 11.8 Å². The van der Waals surface area contributed by atoms with Crippen LogP contribution in [-0.4, -0.2) is 32.2 Å². The van der Waals surface area contributed by atoms with Crippen LogP contribution in [0.5, 0.6) is 11.5 Å². The molecule has 2 rings (SSSR count). The van der Waals surface area contributed by atoms with E-state index in [1.807, 2.05) is 12.1 Å². The lowest BCUT2D eigenvalue weighted by atomic mass is 10.2. The topological polar surface area (TPSA) is 53.7 Å². The fraction of sp³-hybridized carbons (Fsp3) is 0.538. The van der Waals surface area contributed by atoms with Crippen molar-refractivity contribution in [1.82, 2.24) is 0 Å². The molecule has 0 spiro atoms. The molecule has 0 aromatic heterocycles. The summed E-state index contributed by atoms with van der Waals surface area (Å²) >= 11 is 1.75. The first kappa shape index (κ1) is 13.4. The largest absolute Gasteiger partial charge is 0.493 e. The summed E-state index contributed by atoms with van der Waals surface area (Å²) in [5.41, 5.74) is 6.77. The summed E-state index contributed by atoms with van der Waals surface area (Å²) in [5.74, 6) is 1.37. The molecule has 1 fully saturated rings. The third kappa shape index (κ3) is 2.67. The molecular weight excluding hydrogens is 250 g/mol. The second-order valence-electron chi connectivity index (χ2n) is 4.27. The fourth-order valence-corrected chi connectivity index (χ4v) is 3.19. The molecule has 0 radical (unpaired) electrons. The molecule has 0 amide bonds. The molecule has 1 aromatic rings. The predicted octanol–water partition coefficient (Wildman–Crippen LogP) is 2.56. The second kappa shape index (κ2) is 5.71. The van der Waals surface area contributed by atoms with Crippen molar-refractivity contribution in [2.45, 2.75) is 29.6 Å². The van der Waals surface area contributed by atoms with Crippen LogP contribution in [0.4, 0.5) is 5.69 Å². The Bertz CT molecular complexity index is 425. The molecule has 5 heteroatoms. The Balaban J connectivity index is 2.22. The Labute approximate surface area is 112 Å². The number of hydrogen-bond acceptors (Lipinski definition) is 5. The Kier molecular flexibility index (Phi) is 4.24. The average molecular weight is 269 g/mol. The van der Waals surface area contributed by atoms with Crippen molar-refractivity contribution in [2.75, 3.05) is 26.6 Å². The standard InChI is InChI=1S/C13H19NO3S/c1-8-12(4-5-17-8)18-13-7-11(16-3)10(15-2)6-9(13)14/h6-8,12H,4-5,14H2,1-3H3. The Hall–Kier alpha value is -1.07. The van der Waals surface area contributed by atoms with Crippen LogP contribution in [-0.2, 0) is 4.74 Å². The number of methoxy groups -OCH3 is 2. The van der Waals surface area contributed by atoms with Crippen LogP contribution >= 0.6 is 11.8 Å². The van der Waals surface area contributed by atoms with Gasteiger partial charge in [-0.1, -0.05) is 0 Å². The monoisotopic (exact) mass is 269 g/mol. The van der Waals surface area contributed by atoms with E-state index in [2.05, 4.69) is 6.92 Å². The van der Waals surface area contributed by atoms with Gasteiger partial charge < -0.3 is 19.9 Å². The van der Waals surface area contributed by atoms with E-state index in [9.17, 15) is 0 Å². The lowest BCUT2D eigenvalue weighted by molar-refractivity contribution is 0.127. The molecule has 0 bridgehead atoms. The van der Waals surface area contributed by atoms with Crippen LogP contribution in [0.25, 0.3) is 0 Å². The minimum atomic E-state index is 0.266. The SMILES string of the molecule is COc1cc(N)c(SC2CCOC2C)cc1OC. The summed E-state index contributed by atoms with van der Waals surface area (Å²) in [7, 11) is 3.24. The van der Waals surface area contributed by atoms with Gasteiger partial charge in [0.05, 0.1) is 20.3 Å². The number of nitrogens with two attached hydrogens (primary N) is 1. The third-order valence-electron chi connectivity index (χ3n) is 3.10. The van der Waals surface area contributed by atoms with Crippen LogP contribution in [0.15, 0.2) is 17.0 Å². The van der Waals surface area contributed by atoms with Gasteiger partial charge in [0.15, 0.2) is 11.5 Å². The zero-order valence-electron chi connectivity index (χ0n) is 10.9. The second-order valence-corrected chi connectivity index (χ2v) is 5.55. The zero-order valence-corrected chi connectivity index (χ0v) is 11.8. The molecule has 2 N–H and O–H groups in total. The van der Waals surface area contributed by atoms with Crippen molar-refractivity contribution in [1.29, 1.82) is 0 Å². The first-order valence-electron chi connectivity index (χ1n) is 5.95. The van der Waals surface area contributed by atoms with Crippen molar-refractivity contribution in [3.8, 4) is 11.5 Å². The molecule has 2 unspecified atom stereocenters. The van der Waals surface area contributed by atoms with E-state index in [1.165, 1.54) is 0 Å². The van der Waals surface area contributed by atoms with Crippen LogP contribution in [0.1, 0.15) is 13.3 Å². The minimum absolute atomic E-state index is 0.266. The Morgan fingerprint density at radius 3 is 2.50 bits per heavy atom. The molecule has 1 heterocycles. The van der Waals surface area contributed by atoms with Crippen LogP contribution in [0.2, 0.25) is 0 Å². The summed E-state index contributed by atoms with van der Waals surface area (Å²) in [4.78, 5) is 1.02. The van der Waals surface area contributed by atoms with Gasteiger partial charge in [0.1, 0.15) is 0 Å². The summed E-state index contributed by atoms with van der Waals surface area (Å²) in [5, 5.41) is 0.449. The molecule has 0 aliphatic carbocycles. The maximum atomic E-state index is 6.05. The summed E-state index contributed by atoms with van der Waals surface area (Å²) in [6.45, 7) is 2.92. The maximum Gasteiger partial charge on any atom is 0.162 e. The first-order chi connectivity index (χ1) is 8.65. The zero-order chi connectivity index (χ0) is 13.1. The van der Waals surface area contributed by atoms with Gasteiger partial charge in [0, 0.05) is 28.5 Å². The van der Waals surface area contributed by atoms with Gasteiger partial charge in [0.2, 0.25) is 0 Å². The van der Waals surface area contributed by atoms with E-state index >= 15 is 0 Å². The highest BCUT2D eigenvalue weighted by molar-refractivity contribution is 8.00. The molecule has 1 aliphatic heterocycles. The average Bonchev–Trinajstić information content (AvgIpc) is 2.77. The Morgan fingerprint density at radius 1 is 1.28 bits per heavy atom. The number of benzene rings is 1. The van der Waals surface area contributed by atoms with Crippen molar-refractivity contribution in [2.24, 2.45) is 0 Å². The predicted molar refractivity (Wildman–Crippen MR) is 73.6 cm³/mol. The van der Waals surface area contributed by atoms with Crippen molar-refractivity contribution < 1.29 is 14.2 Å². The number of ether oxygens (including phenoxy) is 3. The van der Waals surface area contributed by atoms with Crippen molar-refractivity contribution >= 4 is 17.4 Å². The number of hydrogen-bond donors (Lipinski definition) is 1. The third-order valence-corrected chi connectivity index (χ3v) is 4.63. The normalized spacial score (nSPS) is 23.1. The minimum Gasteiger partial charge on any atom is -0.493 e. The van der Waals surface area contributed by atoms with Crippen LogP contribution in [0.3, 0.4) is 0 Å². The van der Waals surface area contributed by atoms with Crippen LogP contribution in [0, 0.1) is 0 Å². The lowest BCUT2D eigenvalue weighted by Crippen LogP contribution is -2.13. The highest BCUT2D eigenvalue weighted by Gasteiger charge is 2.26. The van der Waals surface area contributed by atoms with Gasteiger partial charge in [-0.05, 0) is 19.4 Å². The number of thioether (sulfide) groups is 1. The summed E-state index contributed by atoms with van der Waals surface area (Å²) in [6.07, 6.45) is 1.32. The van der Waals surface area contributed by atoms with E-state index in [0.717, 1.165) is 23.6 Å².